The molecule has 0 aliphatic carbocycles. The molecule has 3 rings (SSSR count). The van der Waals surface area contributed by atoms with Crippen LogP contribution in [-0.2, 0) is 22.3 Å². The Morgan fingerprint density at radius 2 is 1.85 bits per heavy atom. The second-order valence-corrected chi connectivity index (χ2v) is 7.40. The van der Waals surface area contributed by atoms with Crippen LogP contribution in [0.5, 0.6) is 5.75 Å². The summed E-state index contributed by atoms with van der Waals surface area (Å²) in [4.78, 5) is 26.1. The molecule has 0 atom stereocenters. The maximum Gasteiger partial charge on any atom is 0.418 e. The van der Waals surface area contributed by atoms with Crippen LogP contribution in [0.15, 0.2) is 48.5 Å². The Morgan fingerprint density at radius 3 is 2.48 bits per heavy atom. The van der Waals surface area contributed by atoms with Crippen LogP contribution in [0.1, 0.15) is 5.56 Å². The summed E-state index contributed by atoms with van der Waals surface area (Å²) < 4.78 is 46.1. The van der Waals surface area contributed by atoms with Gasteiger partial charge < -0.3 is 15.0 Å². The highest BCUT2D eigenvalue weighted by molar-refractivity contribution is 7.71. The number of aromatic amines is 1. The second-order valence-electron chi connectivity index (χ2n) is 7.01. The number of nitrogens with zero attached hydrogens (tertiary/aromatic N) is 3. The van der Waals surface area contributed by atoms with Gasteiger partial charge in [0.25, 0.3) is 0 Å². The van der Waals surface area contributed by atoms with Gasteiger partial charge in [0.15, 0.2) is 10.6 Å². The van der Waals surface area contributed by atoms with Crippen LogP contribution >= 0.6 is 12.2 Å². The summed E-state index contributed by atoms with van der Waals surface area (Å²) in [5, 5.41) is 8.99. The Labute approximate surface area is 192 Å². The predicted molar refractivity (Wildman–Crippen MR) is 117 cm³/mol. The van der Waals surface area contributed by atoms with Gasteiger partial charge >= 0.3 is 6.18 Å². The standard InChI is InChI=1S/C21H20F3N5O3S/c1-28(11-17(30)25-16-6-4-3-5-15(16)21(22,23)24)18(31)12-29-19(26-27-20(29)33)13-7-9-14(32-2)10-8-13/h3-10H,11-12H2,1-2H3,(H,25,30)(H,27,33). The minimum atomic E-state index is -4.62. The number of alkyl halides is 3. The second kappa shape index (κ2) is 9.86. The van der Waals surface area contributed by atoms with Crippen molar-refractivity contribution in [3.8, 4) is 17.1 Å². The number of likely N-dealkylation sites (N-methyl/N-ethyl adjacent to an activating group) is 1. The van der Waals surface area contributed by atoms with E-state index in [0.29, 0.717) is 17.1 Å². The smallest absolute Gasteiger partial charge is 0.418 e. The van der Waals surface area contributed by atoms with Gasteiger partial charge in [-0.25, -0.2) is 0 Å². The number of benzene rings is 2. The number of methoxy groups -OCH3 is 1. The van der Waals surface area contributed by atoms with E-state index >= 15 is 0 Å². The molecule has 0 saturated heterocycles. The van der Waals surface area contributed by atoms with Crippen molar-refractivity contribution in [2.24, 2.45) is 0 Å². The number of aromatic nitrogens is 3. The lowest BCUT2D eigenvalue weighted by Crippen LogP contribution is -2.37. The molecule has 2 aromatic carbocycles. The van der Waals surface area contributed by atoms with E-state index in [-0.39, 0.29) is 17.0 Å². The molecule has 1 heterocycles. The number of hydrogen-bond acceptors (Lipinski definition) is 5. The molecule has 1 aromatic heterocycles. The Bertz CT molecular complexity index is 1200. The summed E-state index contributed by atoms with van der Waals surface area (Å²) in [5.41, 5.74) is -0.670. The first-order chi connectivity index (χ1) is 15.6. The molecule has 2 N–H and O–H groups in total. The zero-order valence-electron chi connectivity index (χ0n) is 17.6. The number of hydrogen-bond donors (Lipinski definition) is 2. The van der Waals surface area contributed by atoms with Gasteiger partial charge in [0.2, 0.25) is 11.8 Å². The van der Waals surface area contributed by atoms with Gasteiger partial charge in [0.05, 0.1) is 24.9 Å². The molecule has 0 bridgehead atoms. The van der Waals surface area contributed by atoms with Crippen LogP contribution < -0.4 is 10.1 Å². The molecule has 0 aliphatic rings. The Hall–Kier alpha value is -3.67. The lowest BCUT2D eigenvalue weighted by atomic mass is 10.1. The predicted octanol–water partition coefficient (Wildman–Crippen LogP) is 3.73. The van der Waals surface area contributed by atoms with Gasteiger partial charge in [0.1, 0.15) is 12.3 Å². The third-order valence-corrected chi connectivity index (χ3v) is 5.02. The number of H-pyrrole nitrogens is 1. The van der Waals surface area contributed by atoms with Gasteiger partial charge in [-0.2, -0.15) is 18.3 Å². The highest BCUT2D eigenvalue weighted by Crippen LogP contribution is 2.34. The number of rotatable bonds is 7. The van der Waals surface area contributed by atoms with E-state index in [4.69, 9.17) is 17.0 Å². The van der Waals surface area contributed by atoms with Gasteiger partial charge in [-0.3, -0.25) is 19.3 Å². The first-order valence-corrected chi connectivity index (χ1v) is 10.0. The summed E-state index contributed by atoms with van der Waals surface area (Å²) >= 11 is 5.21. The third kappa shape index (κ3) is 5.77. The van der Waals surface area contributed by atoms with Crippen LogP contribution in [0.2, 0.25) is 0 Å². The summed E-state index contributed by atoms with van der Waals surface area (Å²) in [6.07, 6.45) is -4.62. The zero-order valence-corrected chi connectivity index (χ0v) is 18.5. The molecule has 0 unspecified atom stereocenters. The van der Waals surface area contributed by atoms with E-state index < -0.39 is 30.1 Å². The number of para-hydroxylation sites is 1. The monoisotopic (exact) mass is 479 g/mol. The third-order valence-electron chi connectivity index (χ3n) is 4.71. The van der Waals surface area contributed by atoms with E-state index in [1.54, 1.807) is 24.3 Å². The fourth-order valence-corrected chi connectivity index (χ4v) is 3.21. The normalized spacial score (nSPS) is 11.2. The number of ether oxygens (including phenoxy) is 1. The van der Waals surface area contributed by atoms with Gasteiger partial charge in [-0.05, 0) is 48.6 Å². The minimum Gasteiger partial charge on any atom is -0.497 e. The van der Waals surface area contributed by atoms with Crippen molar-refractivity contribution < 1.29 is 27.5 Å². The van der Waals surface area contributed by atoms with Gasteiger partial charge in [-0.15, -0.1) is 0 Å². The van der Waals surface area contributed by atoms with Crippen molar-refractivity contribution in [2.75, 3.05) is 26.0 Å². The topological polar surface area (TPSA) is 92.2 Å². The Balaban J connectivity index is 1.69. The number of nitrogens with one attached hydrogen (secondary N) is 2. The minimum absolute atomic E-state index is 0.200. The van der Waals surface area contributed by atoms with E-state index in [2.05, 4.69) is 15.5 Å². The zero-order chi connectivity index (χ0) is 24.2. The highest BCUT2D eigenvalue weighted by atomic mass is 32.1. The van der Waals surface area contributed by atoms with Crippen molar-refractivity contribution in [2.45, 2.75) is 12.7 Å². The first-order valence-electron chi connectivity index (χ1n) is 9.60. The number of halogens is 3. The fraction of sp³-hybridized carbons (Fsp3) is 0.238. The van der Waals surface area contributed by atoms with Crippen molar-refractivity contribution in [3.05, 3.63) is 58.9 Å². The van der Waals surface area contributed by atoms with E-state index in [1.165, 1.54) is 30.9 Å². The molecule has 8 nitrogen and oxygen atoms in total. The van der Waals surface area contributed by atoms with Crippen LogP contribution in [0.3, 0.4) is 0 Å². The largest absolute Gasteiger partial charge is 0.497 e. The van der Waals surface area contributed by atoms with Gasteiger partial charge in [-0.1, -0.05) is 12.1 Å². The fourth-order valence-electron chi connectivity index (χ4n) is 3.01. The molecule has 174 valence electrons. The van der Waals surface area contributed by atoms with Crippen molar-refractivity contribution in [1.29, 1.82) is 0 Å². The maximum absolute atomic E-state index is 13.1. The molecule has 0 fully saturated rings. The Morgan fingerprint density at radius 1 is 1.18 bits per heavy atom. The molecule has 0 saturated carbocycles. The van der Waals surface area contributed by atoms with Crippen LogP contribution in [0.4, 0.5) is 18.9 Å². The van der Waals surface area contributed by atoms with E-state index in [1.807, 2.05) is 0 Å². The molecule has 0 aliphatic heterocycles. The first kappa shape index (κ1) is 24.0. The maximum atomic E-state index is 13.1. The lowest BCUT2D eigenvalue weighted by molar-refractivity contribution is -0.137. The molecule has 3 aromatic rings. The molecule has 2 amide bonds. The summed E-state index contributed by atoms with van der Waals surface area (Å²) in [6.45, 7) is -0.673. The van der Waals surface area contributed by atoms with Crippen molar-refractivity contribution >= 4 is 29.7 Å². The lowest BCUT2D eigenvalue weighted by Gasteiger charge is -2.19. The average Bonchev–Trinajstić information content (AvgIpc) is 3.13. The number of anilines is 1. The number of amides is 2. The quantitative estimate of drug-likeness (QED) is 0.504. The van der Waals surface area contributed by atoms with Crippen molar-refractivity contribution in [1.82, 2.24) is 19.7 Å². The molecular weight excluding hydrogens is 459 g/mol. The summed E-state index contributed by atoms with van der Waals surface area (Å²) in [6, 6.07) is 11.6. The van der Waals surface area contributed by atoms with Crippen LogP contribution in [0, 0.1) is 4.77 Å². The molecule has 0 spiro atoms. The SMILES string of the molecule is COc1ccc(-c2n[nH]c(=S)n2CC(=O)N(C)CC(=O)Nc2ccccc2C(F)(F)F)cc1. The van der Waals surface area contributed by atoms with E-state index in [9.17, 15) is 22.8 Å². The van der Waals surface area contributed by atoms with Crippen LogP contribution in [0.25, 0.3) is 11.4 Å². The highest BCUT2D eigenvalue weighted by Gasteiger charge is 2.33. The number of carbonyl (C=O) groups is 2. The van der Waals surface area contributed by atoms with Crippen molar-refractivity contribution in [3.63, 3.8) is 0 Å². The van der Waals surface area contributed by atoms with Gasteiger partial charge in [0, 0.05) is 12.6 Å². The molecule has 0 radical (unpaired) electrons. The number of carbonyl (C=O) groups excluding carboxylic acids is 2. The molecular formula is C21H20F3N5O3S. The van der Waals surface area contributed by atoms with E-state index in [0.717, 1.165) is 17.0 Å². The molecule has 33 heavy (non-hydrogen) atoms. The summed E-state index contributed by atoms with van der Waals surface area (Å²) in [7, 11) is 2.91. The Kier molecular flexibility index (Phi) is 7.16. The summed E-state index contributed by atoms with van der Waals surface area (Å²) in [5.74, 6) is -0.198. The van der Waals surface area contributed by atoms with Crippen LogP contribution in [-0.4, -0.2) is 52.2 Å². The molecule has 12 heteroatoms. The average molecular weight is 479 g/mol.